The van der Waals surface area contributed by atoms with E-state index in [2.05, 4.69) is 15.3 Å². The molecule has 1 heterocycles. The first-order valence-electron chi connectivity index (χ1n) is 3.79. The maximum Gasteiger partial charge on any atom is 0.222 e. The highest BCUT2D eigenvalue weighted by Gasteiger charge is 2.05. The molecule has 0 aromatic carbocycles. The van der Waals surface area contributed by atoms with Crippen LogP contribution in [0, 0.1) is 5.82 Å². The smallest absolute Gasteiger partial charge is 0.222 e. The van der Waals surface area contributed by atoms with Crippen LogP contribution in [0.25, 0.3) is 0 Å². The molecule has 5 nitrogen and oxygen atoms in total. The van der Waals surface area contributed by atoms with Crippen molar-refractivity contribution in [2.24, 2.45) is 0 Å². The van der Waals surface area contributed by atoms with E-state index in [-0.39, 0.29) is 18.3 Å². The standard InChI is InChI=1S/C7H11FN4O/c1-4(13)2-10-6-5(8)3-11-7(9)12-6/h3-4,13H,2H2,1H3,(H3,9,10,11,12). The first-order chi connectivity index (χ1) is 6.09. The summed E-state index contributed by atoms with van der Waals surface area (Å²) < 4.78 is 12.9. The molecule has 0 spiro atoms. The lowest BCUT2D eigenvalue weighted by molar-refractivity contribution is 0.208. The number of rotatable bonds is 3. The van der Waals surface area contributed by atoms with Crippen molar-refractivity contribution in [1.82, 2.24) is 9.97 Å². The number of aliphatic hydroxyl groups is 1. The molecule has 0 bridgehead atoms. The summed E-state index contributed by atoms with van der Waals surface area (Å²) in [4.78, 5) is 7.07. The molecule has 1 aromatic rings. The van der Waals surface area contributed by atoms with Crippen LogP contribution < -0.4 is 11.1 Å². The molecule has 1 unspecified atom stereocenters. The van der Waals surface area contributed by atoms with Gasteiger partial charge >= 0.3 is 0 Å². The first-order valence-corrected chi connectivity index (χ1v) is 3.79. The molecule has 6 heteroatoms. The molecule has 72 valence electrons. The minimum absolute atomic E-state index is 0.00510. The Hall–Kier alpha value is -1.43. The number of nitrogens with two attached hydrogens (primary N) is 1. The van der Waals surface area contributed by atoms with E-state index in [0.29, 0.717) is 0 Å². The van der Waals surface area contributed by atoms with Crippen LogP contribution in [0.5, 0.6) is 0 Å². The zero-order valence-electron chi connectivity index (χ0n) is 7.16. The van der Waals surface area contributed by atoms with Gasteiger partial charge in [-0.15, -0.1) is 0 Å². The number of nitrogens with zero attached hydrogens (tertiary/aromatic N) is 2. The molecule has 1 atom stereocenters. The fraction of sp³-hybridized carbons (Fsp3) is 0.429. The number of hydrogen-bond donors (Lipinski definition) is 3. The SMILES string of the molecule is CC(O)CNc1nc(N)ncc1F. The summed E-state index contributed by atoms with van der Waals surface area (Å²) in [6.45, 7) is 1.79. The van der Waals surface area contributed by atoms with Gasteiger partial charge in [0.05, 0.1) is 12.3 Å². The predicted octanol–water partition coefficient (Wildman–Crippen LogP) is -0.00940. The van der Waals surface area contributed by atoms with Gasteiger partial charge in [-0.2, -0.15) is 4.98 Å². The molecular weight excluding hydrogens is 175 g/mol. The lowest BCUT2D eigenvalue weighted by Gasteiger charge is -2.07. The first kappa shape index (κ1) is 9.66. The molecule has 4 N–H and O–H groups in total. The van der Waals surface area contributed by atoms with E-state index >= 15 is 0 Å². The Bertz CT molecular complexity index is 292. The minimum atomic E-state index is -0.588. The van der Waals surface area contributed by atoms with Crippen molar-refractivity contribution in [2.75, 3.05) is 17.6 Å². The van der Waals surface area contributed by atoms with Gasteiger partial charge in [-0.25, -0.2) is 9.37 Å². The van der Waals surface area contributed by atoms with Gasteiger partial charge in [0, 0.05) is 6.54 Å². The summed E-state index contributed by atoms with van der Waals surface area (Å²) in [5.74, 6) is -0.585. The van der Waals surface area contributed by atoms with Crippen molar-refractivity contribution in [3.8, 4) is 0 Å². The molecule has 0 aliphatic heterocycles. The van der Waals surface area contributed by atoms with Gasteiger partial charge in [-0.3, -0.25) is 0 Å². The molecule has 1 aromatic heterocycles. The molecule has 1 rings (SSSR count). The molecule has 0 aliphatic rings. The maximum atomic E-state index is 12.9. The Morgan fingerprint density at radius 2 is 2.46 bits per heavy atom. The molecule has 0 fully saturated rings. The number of aliphatic hydroxyl groups excluding tert-OH is 1. The molecule has 13 heavy (non-hydrogen) atoms. The van der Waals surface area contributed by atoms with Crippen LogP contribution in [0.2, 0.25) is 0 Å². The third-order valence-electron chi connectivity index (χ3n) is 1.33. The lowest BCUT2D eigenvalue weighted by Crippen LogP contribution is -2.17. The lowest BCUT2D eigenvalue weighted by atomic mass is 10.4. The van der Waals surface area contributed by atoms with Gasteiger partial charge < -0.3 is 16.2 Å². The van der Waals surface area contributed by atoms with Crippen molar-refractivity contribution in [3.05, 3.63) is 12.0 Å². The van der Waals surface area contributed by atoms with E-state index < -0.39 is 11.9 Å². The minimum Gasteiger partial charge on any atom is -0.392 e. The Labute approximate surface area is 74.8 Å². The second-order valence-electron chi connectivity index (χ2n) is 2.65. The van der Waals surface area contributed by atoms with Gasteiger partial charge in [0.2, 0.25) is 5.95 Å². The van der Waals surface area contributed by atoms with Crippen molar-refractivity contribution in [2.45, 2.75) is 13.0 Å². The topological polar surface area (TPSA) is 84.1 Å². The zero-order chi connectivity index (χ0) is 9.84. The normalized spacial score (nSPS) is 12.5. The number of nitrogen functional groups attached to an aromatic ring is 1. The molecule has 0 saturated heterocycles. The second-order valence-corrected chi connectivity index (χ2v) is 2.65. The highest BCUT2D eigenvalue weighted by molar-refractivity contribution is 5.39. The second kappa shape index (κ2) is 3.99. The van der Waals surface area contributed by atoms with Gasteiger partial charge in [-0.1, -0.05) is 0 Å². The van der Waals surface area contributed by atoms with Gasteiger partial charge in [0.1, 0.15) is 0 Å². The number of nitrogens with one attached hydrogen (secondary N) is 1. The zero-order valence-corrected chi connectivity index (χ0v) is 7.16. The Balaban J connectivity index is 2.70. The van der Waals surface area contributed by atoms with Crippen molar-refractivity contribution in [3.63, 3.8) is 0 Å². The quantitative estimate of drug-likeness (QED) is 0.618. The monoisotopic (exact) mass is 186 g/mol. The highest BCUT2D eigenvalue weighted by atomic mass is 19.1. The van der Waals surface area contributed by atoms with Crippen molar-refractivity contribution < 1.29 is 9.50 Å². The molecule has 0 amide bonds. The van der Waals surface area contributed by atoms with E-state index in [1.54, 1.807) is 6.92 Å². The van der Waals surface area contributed by atoms with Crippen molar-refractivity contribution >= 4 is 11.8 Å². The van der Waals surface area contributed by atoms with Gasteiger partial charge in [0.15, 0.2) is 11.6 Å². The largest absolute Gasteiger partial charge is 0.392 e. The van der Waals surface area contributed by atoms with Crippen LogP contribution in [-0.4, -0.2) is 27.7 Å². The van der Waals surface area contributed by atoms with Crippen LogP contribution in [0.1, 0.15) is 6.92 Å². The average molecular weight is 186 g/mol. The predicted molar refractivity (Wildman–Crippen MR) is 46.6 cm³/mol. The van der Waals surface area contributed by atoms with E-state index in [0.717, 1.165) is 6.20 Å². The summed E-state index contributed by atoms with van der Waals surface area (Å²) in [6, 6.07) is 0. The van der Waals surface area contributed by atoms with Gasteiger partial charge in [-0.05, 0) is 6.92 Å². The number of halogens is 1. The van der Waals surface area contributed by atoms with Crippen LogP contribution in [0.3, 0.4) is 0 Å². The van der Waals surface area contributed by atoms with Crippen molar-refractivity contribution in [1.29, 1.82) is 0 Å². The Kier molecular flexibility index (Phi) is 2.97. The summed E-state index contributed by atoms with van der Waals surface area (Å²) in [5, 5.41) is 11.5. The third-order valence-corrected chi connectivity index (χ3v) is 1.33. The summed E-state index contributed by atoms with van der Waals surface area (Å²) in [7, 11) is 0. The van der Waals surface area contributed by atoms with E-state index in [9.17, 15) is 4.39 Å². The van der Waals surface area contributed by atoms with Crippen LogP contribution >= 0.6 is 0 Å². The molecular formula is C7H11FN4O. The molecule has 0 saturated carbocycles. The fourth-order valence-electron chi connectivity index (χ4n) is 0.749. The molecule has 0 aliphatic carbocycles. The maximum absolute atomic E-state index is 12.9. The third kappa shape index (κ3) is 2.83. The van der Waals surface area contributed by atoms with Crippen LogP contribution in [0.15, 0.2) is 6.20 Å². The van der Waals surface area contributed by atoms with Crippen LogP contribution in [0.4, 0.5) is 16.2 Å². The van der Waals surface area contributed by atoms with E-state index in [1.807, 2.05) is 0 Å². The fourth-order valence-corrected chi connectivity index (χ4v) is 0.749. The van der Waals surface area contributed by atoms with E-state index in [4.69, 9.17) is 10.8 Å². The highest BCUT2D eigenvalue weighted by Crippen LogP contribution is 2.09. The number of aromatic nitrogens is 2. The number of hydrogen-bond acceptors (Lipinski definition) is 5. The average Bonchev–Trinajstić information content (AvgIpc) is 2.06. The Morgan fingerprint density at radius 1 is 1.77 bits per heavy atom. The summed E-state index contributed by atoms with van der Waals surface area (Å²) in [6.07, 6.45) is 0.405. The number of anilines is 2. The summed E-state index contributed by atoms with van der Waals surface area (Å²) in [5.41, 5.74) is 5.24. The van der Waals surface area contributed by atoms with E-state index in [1.165, 1.54) is 0 Å². The summed E-state index contributed by atoms with van der Waals surface area (Å²) >= 11 is 0. The van der Waals surface area contributed by atoms with Crippen LogP contribution in [-0.2, 0) is 0 Å². The molecule has 0 radical (unpaired) electrons. The Morgan fingerprint density at radius 3 is 3.08 bits per heavy atom. The van der Waals surface area contributed by atoms with Gasteiger partial charge in [0.25, 0.3) is 0 Å².